The van der Waals surface area contributed by atoms with E-state index in [1.165, 1.54) is 6.07 Å². The molecule has 1 heterocycles. The monoisotopic (exact) mass is 355 g/mol. The van der Waals surface area contributed by atoms with E-state index < -0.39 is 0 Å². The minimum Gasteiger partial charge on any atom is -0.454 e. The molecule has 0 spiro atoms. The lowest BCUT2D eigenvalue weighted by molar-refractivity contribution is -0.121. The number of halogens is 1. The molecule has 1 unspecified atom stereocenters. The second-order valence-electron chi connectivity index (χ2n) is 7.12. The molecule has 2 aromatic carbocycles. The van der Waals surface area contributed by atoms with Crippen molar-refractivity contribution in [2.24, 2.45) is 5.92 Å². The quantitative estimate of drug-likeness (QED) is 0.850. The molecule has 4 nitrogen and oxygen atoms in total. The van der Waals surface area contributed by atoms with Gasteiger partial charge < -0.3 is 14.8 Å². The van der Waals surface area contributed by atoms with Crippen molar-refractivity contribution in [1.29, 1.82) is 0 Å². The first kappa shape index (κ1) is 16.9. The van der Waals surface area contributed by atoms with E-state index in [1.807, 2.05) is 30.3 Å². The Labute approximate surface area is 152 Å². The lowest BCUT2D eigenvalue weighted by Gasteiger charge is -2.17. The number of aryl methyl sites for hydroxylation is 1. The van der Waals surface area contributed by atoms with Crippen LogP contribution in [0.1, 0.15) is 41.9 Å². The fourth-order valence-corrected chi connectivity index (χ4v) is 3.48. The van der Waals surface area contributed by atoms with Gasteiger partial charge in [0.15, 0.2) is 11.5 Å². The van der Waals surface area contributed by atoms with E-state index in [2.05, 4.69) is 5.32 Å². The molecule has 0 aromatic heterocycles. The maximum absolute atomic E-state index is 13.5. The summed E-state index contributed by atoms with van der Waals surface area (Å²) in [6.45, 7) is 2.46. The zero-order chi connectivity index (χ0) is 18.1. The fourth-order valence-electron chi connectivity index (χ4n) is 3.48. The van der Waals surface area contributed by atoms with Crippen molar-refractivity contribution in [2.75, 3.05) is 6.79 Å². The van der Waals surface area contributed by atoms with Crippen molar-refractivity contribution in [3.63, 3.8) is 0 Å². The van der Waals surface area contributed by atoms with E-state index in [0.29, 0.717) is 24.4 Å². The Morgan fingerprint density at radius 1 is 1.19 bits per heavy atom. The third kappa shape index (κ3) is 3.66. The fraction of sp³-hybridized carbons (Fsp3) is 0.381. The molecule has 136 valence electrons. The average Bonchev–Trinajstić information content (AvgIpc) is 3.37. The predicted octanol–water partition coefficient (Wildman–Crippen LogP) is 4.06. The summed E-state index contributed by atoms with van der Waals surface area (Å²) in [5, 5.41) is 2.99. The highest BCUT2D eigenvalue weighted by atomic mass is 19.1. The number of hydrogen-bond acceptors (Lipinski definition) is 3. The van der Waals surface area contributed by atoms with Gasteiger partial charge in [0.1, 0.15) is 5.82 Å². The van der Waals surface area contributed by atoms with E-state index in [0.717, 1.165) is 35.5 Å². The van der Waals surface area contributed by atoms with E-state index in [9.17, 15) is 9.18 Å². The molecule has 26 heavy (non-hydrogen) atoms. The standard InChI is InChI=1S/C21H22FNO3/c1-13-8-16(5-6-18(13)22)17(15-3-4-15)10-21(24)23-11-14-2-7-19-20(9-14)26-12-25-19/h2,5-9,15,17H,3-4,10-12H2,1H3,(H,23,24). The van der Waals surface area contributed by atoms with Crippen molar-refractivity contribution < 1.29 is 18.7 Å². The number of amides is 1. The van der Waals surface area contributed by atoms with Crippen LogP contribution in [0.3, 0.4) is 0 Å². The summed E-state index contributed by atoms with van der Waals surface area (Å²) >= 11 is 0. The van der Waals surface area contributed by atoms with Crippen LogP contribution >= 0.6 is 0 Å². The first-order valence-electron chi connectivity index (χ1n) is 9.01. The summed E-state index contributed by atoms with van der Waals surface area (Å²) in [4.78, 5) is 12.5. The zero-order valence-corrected chi connectivity index (χ0v) is 14.8. The van der Waals surface area contributed by atoms with Crippen LogP contribution < -0.4 is 14.8 Å². The van der Waals surface area contributed by atoms with Gasteiger partial charge in [0.25, 0.3) is 0 Å². The van der Waals surface area contributed by atoms with Crippen LogP contribution in [0.5, 0.6) is 11.5 Å². The first-order valence-corrected chi connectivity index (χ1v) is 9.01. The van der Waals surface area contributed by atoms with Crippen LogP contribution in [0.15, 0.2) is 36.4 Å². The number of fused-ring (bicyclic) bond motifs is 1. The van der Waals surface area contributed by atoms with Crippen molar-refractivity contribution >= 4 is 5.91 Å². The van der Waals surface area contributed by atoms with E-state index in [1.54, 1.807) is 6.92 Å². The summed E-state index contributed by atoms with van der Waals surface area (Å²) in [5.74, 6) is 1.95. The van der Waals surface area contributed by atoms with Crippen molar-refractivity contribution in [2.45, 2.75) is 38.6 Å². The highest BCUT2D eigenvalue weighted by Gasteiger charge is 2.33. The Morgan fingerprint density at radius 3 is 2.77 bits per heavy atom. The number of hydrogen-bond donors (Lipinski definition) is 1. The molecule has 1 fully saturated rings. The Kier molecular flexibility index (Phi) is 4.53. The Balaban J connectivity index is 1.38. The van der Waals surface area contributed by atoms with Gasteiger partial charge in [-0.1, -0.05) is 18.2 Å². The number of rotatable bonds is 6. The molecule has 4 rings (SSSR count). The summed E-state index contributed by atoms with van der Waals surface area (Å²) in [7, 11) is 0. The molecule has 2 aromatic rings. The summed E-state index contributed by atoms with van der Waals surface area (Å²) in [5.41, 5.74) is 2.67. The third-order valence-electron chi connectivity index (χ3n) is 5.13. The molecule has 0 bridgehead atoms. The van der Waals surface area contributed by atoms with Gasteiger partial charge >= 0.3 is 0 Å². The molecule has 0 radical (unpaired) electrons. The van der Waals surface area contributed by atoms with Crippen LogP contribution in [0, 0.1) is 18.7 Å². The number of ether oxygens (including phenoxy) is 2. The maximum atomic E-state index is 13.5. The highest BCUT2D eigenvalue weighted by molar-refractivity contribution is 5.77. The number of benzene rings is 2. The average molecular weight is 355 g/mol. The predicted molar refractivity (Wildman–Crippen MR) is 95.6 cm³/mol. The largest absolute Gasteiger partial charge is 0.454 e. The minimum atomic E-state index is -0.199. The minimum absolute atomic E-state index is 0.0153. The van der Waals surface area contributed by atoms with Gasteiger partial charge in [-0.2, -0.15) is 0 Å². The van der Waals surface area contributed by atoms with Gasteiger partial charge in [-0.05, 0) is 66.5 Å². The molecule has 1 aliphatic carbocycles. The summed E-state index contributed by atoms with van der Waals surface area (Å²) < 4.78 is 24.2. The molecule has 1 amide bonds. The molecule has 1 N–H and O–H groups in total. The maximum Gasteiger partial charge on any atom is 0.231 e. The van der Waals surface area contributed by atoms with Crippen LogP contribution in [-0.4, -0.2) is 12.7 Å². The van der Waals surface area contributed by atoms with Crippen molar-refractivity contribution in [3.05, 3.63) is 58.9 Å². The first-order chi connectivity index (χ1) is 12.6. The van der Waals surface area contributed by atoms with Crippen molar-refractivity contribution in [3.8, 4) is 11.5 Å². The van der Waals surface area contributed by atoms with E-state index in [4.69, 9.17) is 9.47 Å². The Hall–Kier alpha value is -2.56. The van der Waals surface area contributed by atoms with Gasteiger partial charge in [-0.3, -0.25) is 4.79 Å². The Morgan fingerprint density at radius 2 is 2.00 bits per heavy atom. The zero-order valence-electron chi connectivity index (χ0n) is 14.8. The van der Waals surface area contributed by atoms with Crippen LogP contribution in [0.25, 0.3) is 0 Å². The number of carbonyl (C=O) groups is 1. The molecule has 1 aliphatic heterocycles. The second kappa shape index (κ2) is 6.98. The van der Waals surface area contributed by atoms with Crippen molar-refractivity contribution in [1.82, 2.24) is 5.32 Å². The van der Waals surface area contributed by atoms with Gasteiger partial charge in [-0.25, -0.2) is 4.39 Å². The summed E-state index contributed by atoms with van der Waals surface area (Å²) in [6, 6.07) is 10.9. The van der Waals surface area contributed by atoms with E-state index in [-0.39, 0.29) is 24.4 Å². The molecule has 2 aliphatic rings. The highest BCUT2D eigenvalue weighted by Crippen LogP contribution is 2.44. The normalized spacial score (nSPS) is 16.4. The lowest BCUT2D eigenvalue weighted by Crippen LogP contribution is -2.25. The topological polar surface area (TPSA) is 47.6 Å². The number of nitrogens with one attached hydrogen (secondary N) is 1. The van der Waals surface area contributed by atoms with Gasteiger partial charge in [0.2, 0.25) is 12.7 Å². The molecule has 1 atom stereocenters. The van der Waals surface area contributed by atoms with Gasteiger partial charge in [0, 0.05) is 13.0 Å². The Bertz CT molecular complexity index is 832. The third-order valence-corrected chi connectivity index (χ3v) is 5.13. The summed E-state index contributed by atoms with van der Waals surface area (Å²) in [6.07, 6.45) is 2.70. The number of carbonyl (C=O) groups excluding carboxylic acids is 1. The van der Waals surface area contributed by atoms with Gasteiger partial charge in [0.05, 0.1) is 0 Å². The van der Waals surface area contributed by atoms with Crippen LogP contribution in [0.2, 0.25) is 0 Å². The van der Waals surface area contributed by atoms with Crippen LogP contribution in [0.4, 0.5) is 4.39 Å². The lowest BCUT2D eigenvalue weighted by atomic mass is 9.89. The molecule has 0 saturated heterocycles. The SMILES string of the molecule is Cc1cc(C(CC(=O)NCc2ccc3c(c2)OCO3)C2CC2)ccc1F. The van der Waals surface area contributed by atoms with Gasteiger partial charge in [-0.15, -0.1) is 0 Å². The molecular formula is C21H22FNO3. The molecular weight excluding hydrogens is 333 g/mol. The van der Waals surface area contributed by atoms with E-state index >= 15 is 0 Å². The second-order valence-corrected chi connectivity index (χ2v) is 7.12. The molecule has 1 saturated carbocycles. The molecule has 5 heteroatoms. The van der Waals surface area contributed by atoms with Crippen LogP contribution in [-0.2, 0) is 11.3 Å². The smallest absolute Gasteiger partial charge is 0.231 e.